The molecule has 0 radical (unpaired) electrons. The molecule has 1 aliphatic heterocycles. The molecule has 2 unspecified atom stereocenters. The molecule has 2 aromatic rings. The van der Waals surface area contributed by atoms with Crippen molar-refractivity contribution in [2.75, 3.05) is 0 Å². The third-order valence-electron chi connectivity index (χ3n) is 5.91. The van der Waals surface area contributed by atoms with E-state index in [0.29, 0.717) is 17.0 Å². The Morgan fingerprint density at radius 1 is 1.20 bits per heavy atom. The van der Waals surface area contributed by atoms with Gasteiger partial charge < -0.3 is 34.7 Å². The molecule has 1 aliphatic carbocycles. The summed E-state index contributed by atoms with van der Waals surface area (Å²) in [5, 5.41) is 49.2. The summed E-state index contributed by atoms with van der Waals surface area (Å²) in [7, 11) is 0. The van der Waals surface area contributed by atoms with Gasteiger partial charge in [-0.05, 0) is 25.0 Å². The van der Waals surface area contributed by atoms with Gasteiger partial charge in [0, 0.05) is 18.4 Å². The number of rotatable bonds is 5. The fourth-order valence-electron chi connectivity index (χ4n) is 4.10. The third-order valence-corrected chi connectivity index (χ3v) is 6.20. The number of halogens is 1. The molecule has 7 atom stereocenters. The van der Waals surface area contributed by atoms with Crippen molar-refractivity contribution in [3.8, 4) is 0 Å². The number of aliphatic hydroxyl groups is 4. The summed E-state index contributed by atoms with van der Waals surface area (Å²) in [4.78, 5) is 29.1. The Balaban J connectivity index is 1.58. The largest absolute Gasteiger partial charge is 0.481 e. The van der Waals surface area contributed by atoms with Crippen LogP contribution in [-0.4, -0.2) is 73.0 Å². The summed E-state index contributed by atoms with van der Waals surface area (Å²) in [6.45, 7) is 1.63. The zero-order valence-corrected chi connectivity index (χ0v) is 16.5. The van der Waals surface area contributed by atoms with E-state index >= 15 is 0 Å². The maximum atomic E-state index is 13.0. The lowest BCUT2D eigenvalue weighted by Crippen LogP contribution is -2.58. The van der Waals surface area contributed by atoms with Gasteiger partial charge in [0.2, 0.25) is 0 Å². The van der Waals surface area contributed by atoms with Crippen LogP contribution in [-0.2, 0) is 9.53 Å². The summed E-state index contributed by atoms with van der Waals surface area (Å²) in [6.07, 6.45) is -8.50. The summed E-state index contributed by atoms with van der Waals surface area (Å²) < 4.78 is 10.5. The number of aryl methyl sites for hydroxylation is 1. The van der Waals surface area contributed by atoms with Gasteiger partial charge in [0.15, 0.2) is 23.5 Å². The van der Waals surface area contributed by atoms with E-state index in [1.807, 2.05) is 0 Å². The van der Waals surface area contributed by atoms with Crippen LogP contribution >= 0.6 is 11.6 Å². The van der Waals surface area contributed by atoms with E-state index in [1.165, 1.54) is 12.1 Å². The molecule has 1 saturated carbocycles. The molecular weight excluding hydrogens is 422 g/mol. The number of nitrogens with zero attached hydrogens (tertiary/aromatic N) is 1. The number of fused-ring (bicyclic) bond motifs is 1. The van der Waals surface area contributed by atoms with Crippen LogP contribution in [0.1, 0.15) is 29.1 Å². The molecule has 1 aromatic carbocycles. The van der Waals surface area contributed by atoms with Crippen molar-refractivity contribution in [3.63, 3.8) is 0 Å². The average Bonchev–Trinajstić information content (AvgIpc) is 3.29. The van der Waals surface area contributed by atoms with Crippen molar-refractivity contribution in [1.29, 1.82) is 0 Å². The molecule has 10 nitrogen and oxygen atoms in total. The monoisotopic (exact) mass is 441 g/mol. The molecule has 11 heteroatoms. The molecule has 1 aromatic heterocycles. The number of aliphatic hydroxyl groups excluding tert-OH is 4. The molecule has 2 heterocycles. The number of benzene rings is 1. The molecule has 4 rings (SSSR count). The van der Waals surface area contributed by atoms with Crippen molar-refractivity contribution < 1.29 is 44.3 Å². The van der Waals surface area contributed by atoms with Crippen LogP contribution in [0.3, 0.4) is 0 Å². The first kappa shape index (κ1) is 21.2. The first-order valence-corrected chi connectivity index (χ1v) is 9.65. The second-order valence-electron chi connectivity index (χ2n) is 7.86. The topological polar surface area (TPSA) is 171 Å². The molecule has 162 valence electrons. The zero-order chi connectivity index (χ0) is 22.0. The highest BCUT2D eigenvalue weighted by atomic mass is 35.5. The van der Waals surface area contributed by atoms with Gasteiger partial charge in [-0.3, -0.25) is 9.59 Å². The Hall–Kier alpha value is -2.08. The van der Waals surface area contributed by atoms with Gasteiger partial charge in [0.05, 0.1) is 16.5 Å². The second-order valence-corrected chi connectivity index (χ2v) is 8.27. The number of carbonyl (C=O) groups excluding carboxylic acids is 1. The molecule has 0 bridgehead atoms. The van der Waals surface area contributed by atoms with Crippen LogP contribution in [0, 0.1) is 18.3 Å². The van der Waals surface area contributed by atoms with Crippen molar-refractivity contribution in [1.82, 2.24) is 4.98 Å². The van der Waals surface area contributed by atoms with E-state index in [-0.39, 0.29) is 23.4 Å². The van der Waals surface area contributed by atoms with E-state index in [9.17, 15) is 35.1 Å². The number of ether oxygens (including phenoxy) is 1. The fraction of sp³-hybridized carbons (Fsp3) is 0.526. The predicted octanol–water partition coefficient (Wildman–Crippen LogP) is 0.253. The Bertz CT molecular complexity index is 1020. The molecule has 1 saturated heterocycles. The Kier molecular flexibility index (Phi) is 5.12. The molecule has 2 aliphatic rings. The number of oxazole rings is 1. The minimum atomic E-state index is -1.79. The maximum absolute atomic E-state index is 13.0. The van der Waals surface area contributed by atoms with Crippen LogP contribution in [0.25, 0.3) is 11.1 Å². The van der Waals surface area contributed by atoms with Crippen molar-refractivity contribution in [3.05, 3.63) is 28.6 Å². The number of Topliss-reactive ketones (excluding diaryl/α,β-unsaturated/α-hetero) is 1. The Labute approximate surface area is 174 Å². The second kappa shape index (κ2) is 7.26. The summed E-state index contributed by atoms with van der Waals surface area (Å²) in [5.41, 5.74) is -0.691. The summed E-state index contributed by atoms with van der Waals surface area (Å²) in [5.74, 6) is -2.30. The lowest BCUT2D eigenvalue weighted by molar-refractivity contribution is -0.284. The Morgan fingerprint density at radius 3 is 2.57 bits per heavy atom. The van der Waals surface area contributed by atoms with Crippen LogP contribution in [0.4, 0.5) is 0 Å². The molecule has 0 spiro atoms. The third kappa shape index (κ3) is 3.29. The molecule has 30 heavy (non-hydrogen) atoms. The van der Waals surface area contributed by atoms with Crippen LogP contribution in [0.15, 0.2) is 16.5 Å². The SMILES string of the molecule is Cc1nc2c(Cl)cc(C(=O)[C@H]3C[C@@]3(CC3OC(O)[C@H](O)[C@@H](O)[C@@H]3O)C(=O)O)cc2o1. The molecular formula is C19H20ClNO9. The maximum Gasteiger partial charge on any atom is 0.310 e. The van der Waals surface area contributed by atoms with Crippen LogP contribution in [0.2, 0.25) is 5.02 Å². The minimum Gasteiger partial charge on any atom is -0.481 e. The standard InChI is InChI=1S/C19H20ClNO9/c1-6-21-12-9(20)2-7(3-10(12)29-6)13(22)8-4-19(8,18(27)28)5-11-14(23)15(24)16(25)17(26)30-11/h2-3,8,11,14-17,23-26H,4-5H2,1H3,(H,27,28)/t8-,11?,14-,15+,16-,17?,19+/m1/s1. The van der Waals surface area contributed by atoms with Crippen molar-refractivity contribution in [2.24, 2.45) is 11.3 Å². The first-order valence-electron chi connectivity index (χ1n) is 9.27. The van der Waals surface area contributed by atoms with Gasteiger partial charge in [-0.25, -0.2) is 4.98 Å². The zero-order valence-electron chi connectivity index (χ0n) is 15.7. The number of carboxylic acid groups (broad SMARTS) is 1. The van der Waals surface area contributed by atoms with Gasteiger partial charge >= 0.3 is 5.97 Å². The number of hydrogen-bond donors (Lipinski definition) is 5. The highest BCUT2D eigenvalue weighted by Gasteiger charge is 2.65. The summed E-state index contributed by atoms with van der Waals surface area (Å²) in [6, 6.07) is 2.85. The van der Waals surface area contributed by atoms with Gasteiger partial charge in [-0.2, -0.15) is 0 Å². The van der Waals surface area contributed by atoms with Crippen molar-refractivity contribution in [2.45, 2.75) is 50.5 Å². The van der Waals surface area contributed by atoms with E-state index in [0.717, 1.165) is 0 Å². The van der Waals surface area contributed by atoms with Crippen molar-refractivity contribution >= 4 is 34.5 Å². The summed E-state index contributed by atoms with van der Waals surface area (Å²) >= 11 is 6.18. The molecule has 0 amide bonds. The number of carboxylic acids is 1. The van der Waals surface area contributed by atoms with Crippen LogP contribution in [0.5, 0.6) is 0 Å². The first-order chi connectivity index (χ1) is 14.0. The lowest BCUT2D eigenvalue weighted by atomic mass is 9.87. The number of carbonyl (C=O) groups is 2. The highest BCUT2D eigenvalue weighted by molar-refractivity contribution is 6.35. The van der Waals surface area contributed by atoms with E-state index in [4.69, 9.17) is 20.8 Å². The number of aliphatic carboxylic acids is 1. The number of aromatic nitrogens is 1. The number of ketones is 1. The minimum absolute atomic E-state index is 0.0203. The Morgan fingerprint density at radius 2 is 1.90 bits per heavy atom. The lowest BCUT2D eigenvalue weighted by Gasteiger charge is -2.39. The van der Waals surface area contributed by atoms with Gasteiger partial charge in [0.1, 0.15) is 23.8 Å². The van der Waals surface area contributed by atoms with Gasteiger partial charge in [-0.1, -0.05) is 11.6 Å². The van der Waals surface area contributed by atoms with Gasteiger partial charge in [0.25, 0.3) is 0 Å². The van der Waals surface area contributed by atoms with E-state index < -0.39 is 53.8 Å². The van der Waals surface area contributed by atoms with E-state index in [1.54, 1.807) is 6.92 Å². The quantitative estimate of drug-likeness (QED) is 0.405. The average molecular weight is 442 g/mol. The predicted molar refractivity (Wildman–Crippen MR) is 99.8 cm³/mol. The molecule has 2 fully saturated rings. The normalized spacial score (nSPS) is 36.1. The van der Waals surface area contributed by atoms with Crippen LogP contribution < -0.4 is 0 Å². The van der Waals surface area contributed by atoms with Gasteiger partial charge in [-0.15, -0.1) is 0 Å². The smallest absolute Gasteiger partial charge is 0.310 e. The highest BCUT2D eigenvalue weighted by Crippen LogP contribution is 2.58. The molecule has 5 N–H and O–H groups in total. The number of hydrogen-bond acceptors (Lipinski definition) is 9. The fourth-order valence-corrected chi connectivity index (χ4v) is 4.35. The van der Waals surface area contributed by atoms with E-state index in [2.05, 4.69) is 4.98 Å².